The van der Waals surface area contributed by atoms with Crippen molar-refractivity contribution in [1.82, 2.24) is 19.8 Å². The fraction of sp³-hybridized carbons (Fsp3) is 0.560. The lowest BCUT2D eigenvalue weighted by Gasteiger charge is -2.23. The first-order chi connectivity index (χ1) is 15.7. The summed E-state index contributed by atoms with van der Waals surface area (Å²) in [5, 5.41) is 3.50. The number of hydrogen-bond donors (Lipinski definition) is 1. The summed E-state index contributed by atoms with van der Waals surface area (Å²) in [6.45, 7) is 9.49. The first kappa shape index (κ1) is 22.4. The second kappa shape index (κ2) is 10.7. The number of rotatable bonds is 9. The maximum absolute atomic E-state index is 12.0. The third-order valence-electron chi connectivity index (χ3n) is 6.57. The monoisotopic (exact) mass is 436 g/mol. The number of amides is 1. The van der Waals surface area contributed by atoms with E-state index < -0.39 is 0 Å². The highest BCUT2D eigenvalue weighted by Crippen LogP contribution is 2.38. The number of hydrogen-bond acceptors (Lipinski definition) is 3. The molecular weight excluding hydrogens is 400 g/mol. The van der Waals surface area contributed by atoms with Crippen molar-refractivity contribution in [3.8, 4) is 0 Å². The number of nitrogens with zero attached hydrogens (tertiary/aromatic N) is 5. The number of unbranched alkanes of at least 4 members (excludes halogenated alkanes) is 1. The van der Waals surface area contributed by atoms with Gasteiger partial charge in [-0.1, -0.05) is 18.2 Å². The predicted octanol–water partition coefficient (Wildman–Crippen LogP) is 3.55. The van der Waals surface area contributed by atoms with Gasteiger partial charge in [-0.3, -0.25) is 9.79 Å². The number of guanidine groups is 1. The van der Waals surface area contributed by atoms with Crippen LogP contribution >= 0.6 is 0 Å². The topological polar surface area (TPSA) is 65.8 Å². The molecule has 2 aliphatic rings. The maximum Gasteiger partial charge on any atom is 0.222 e. The van der Waals surface area contributed by atoms with Crippen molar-refractivity contribution in [2.75, 3.05) is 37.6 Å². The van der Waals surface area contributed by atoms with Crippen LogP contribution in [0.5, 0.6) is 0 Å². The number of imidazole rings is 1. The molecule has 0 aliphatic carbocycles. The van der Waals surface area contributed by atoms with E-state index in [1.54, 1.807) is 0 Å². The molecule has 4 rings (SSSR count). The zero-order chi connectivity index (χ0) is 22.3. The number of fused-ring (bicyclic) bond motifs is 1. The number of anilines is 1. The third kappa shape index (κ3) is 5.14. The van der Waals surface area contributed by atoms with E-state index in [0.717, 1.165) is 76.7 Å². The van der Waals surface area contributed by atoms with Gasteiger partial charge in [0.15, 0.2) is 5.96 Å². The van der Waals surface area contributed by atoms with Crippen molar-refractivity contribution >= 4 is 17.6 Å². The van der Waals surface area contributed by atoms with Crippen LogP contribution in [0.25, 0.3) is 0 Å². The number of benzene rings is 1. The van der Waals surface area contributed by atoms with Crippen LogP contribution in [-0.2, 0) is 11.3 Å². The summed E-state index contributed by atoms with van der Waals surface area (Å²) in [4.78, 5) is 25.7. The van der Waals surface area contributed by atoms with E-state index in [2.05, 4.69) is 51.0 Å². The molecule has 1 aromatic heterocycles. The Morgan fingerprint density at radius 1 is 1.25 bits per heavy atom. The molecule has 7 nitrogen and oxygen atoms in total. The molecule has 0 saturated carbocycles. The molecule has 3 heterocycles. The lowest BCUT2D eigenvalue weighted by Crippen LogP contribution is -2.41. The van der Waals surface area contributed by atoms with Crippen molar-refractivity contribution in [2.24, 2.45) is 4.99 Å². The Morgan fingerprint density at radius 2 is 2.12 bits per heavy atom. The average Bonchev–Trinajstić information content (AvgIpc) is 3.50. The molecular formula is C25H36N6O. The number of aryl methyl sites for hydroxylation is 2. The number of carbonyl (C=O) groups excluding carboxylic acids is 1. The minimum Gasteiger partial charge on any atom is -0.356 e. The Kier molecular flexibility index (Phi) is 7.45. The first-order valence-corrected chi connectivity index (χ1v) is 12.1. The quantitative estimate of drug-likeness (QED) is 0.371. The molecule has 32 heavy (non-hydrogen) atoms. The molecule has 1 unspecified atom stereocenters. The van der Waals surface area contributed by atoms with Gasteiger partial charge in [-0.15, -0.1) is 0 Å². The Morgan fingerprint density at radius 3 is 2.88 bits per heavy atom. The van der Waals surface area contributed by atoms with Gasteiger partial charge in [-0.25, -0.2) is 4.98 Å². The molecule has 1 saturated heterocycles. The number of aliphatic imine (C=N–C) groups is 1. The molecule has 7 heteroatoms. The lowest BCUT2D eigenvalue weighted by molar-refractivity contribution is -0.127. The van der Waals surface area contributed by atoms with E-state index in [-0.39, 0.29) is 0 Å². The van der Waals surface area contributed by atoms with E-state index in [1.807, 2.05) is 24.2 Å². The summed E-state index contributed by atoms with van der Waals surface area (Å²) in [6, 6.07) is 8.67. The fourth-order valence-corrected chi connectivity index (χ4v) is 4.81. The lowest BCUT2D eigenvalue weighted by atomic mass is 9.98. The number of carbonyl (C=O) groups is 1. The van der Waals surface area contributed by atoms with Gasteiger partial charge in [-0.05, 0) is 51.2 Å². The van der Waals surface area contributed by atoms with Crippen molar-refractivity contribution in [3.63, 3.8) is 0 Å². The van der Waals surface area contributed by atoms with Crippen molar-refractivity contribution in [1.29, 1.82) is 0 Å². The Labute approximate surface area is 191 Å². The number of para-hydroxylation sites is 1. The smallest absolute Gasteiger partial charge is 0.222 e. The van der Waals surface area contributed by atoms with E-state index >= 15 is 0 Å². The van der Waals surface area contributed by atoms with Crippen LogP contribution in [0.4, 0.5) is 5.69 Å². The van der Waals surface area contributed by atoms with Gasteiger partial charge in [0.2, 0.25) is 5.91 Å². The molecule has 0 radical (unpaired) electrons. The largest absolute Gasteiger partial charge is 0.356 e. The molecule has 1 atom stereocenters. The van der Waals surface area contributed by atoms with Crippen molar-refractivity contribution < 1.29 is 4.79 Å². The molecule has 1 fully saturated rings. The summed E-state index contributed by atoms with van der Waals surface area (Å²) in [5.41, 5.74) is 2.62. The van der Waals surface area contributed by atoms with Crippen LogP contribution in [-0.4, -0.2) is 59.0 Å². The van der Waals surface area contributed by atoms with E-state index in [1.165, 1.54) is 11.3 Å². The standard InChI is InChI=1S/C25H36N6O/c1-3-26-25(28-13-6-7-15-29-18-14-27-20(29)2)31-19-21(22-9-4-5-10-23(22)31)12-17-30-16-8-11-24(30)32/h4-5,9-10,14,18,21H,3,6-8,11-13,15-17,19H2,1-2H3,(H,26,28). The van der Waals surface area contributed by atoms with Crippen molar-refractivity contribution in [2.45, 2.75) is 58.4 Å². The van der Waals surface area contributed by atoms with Crippen LogP contribution in [0.1, 0.15) is 56.3 Å². The predicted molar refractivity (Wildman–Crippen MR) is 129 cm³/mol. The Hall–Kier alpha value is -2.83. The van der Waals surface area contributed by atoms with Gasteiger partial charge in [0.1, 0.15) is 5.82 Å². The molecule has 172 valence electrons. The molecule has 2 aromatic rings. The zero-order valence-electron chi connectivity index (χ0n) is 19.5. The minimum atomic E-state index is 0.314. The normalized spacial score (nSPS) is 18.5. The average molecular weight is 437 g/mol. The number of likely N-dealkylation sites (tertiary alicyclic amines) is 1. The highest BCUT2D eigenvalue weighted by atomic mass is 16.2. The van der Waals surface area contributed by atoms with Crippen LogP contribution in [0, 0.1) is 6.92 Å². The Bertz CT molecular complexity index is 936. The minimum absolute atomic E-state index is 0.314. The molecule has 1 aromatic carbocycles. The summed E-state index contributed by atoms with van der Waals surface area (Å²) in [6.07, 6.45) is 8.75. The highest BCUT2D eigenvalue weighted by molar-refractivity contribution is 5.98. The summed E-state index contributed by atoms with van der Waals surface area (Å²) >= 11 is 0. The molecule has 1 amide bonds. The fourth-order valence-electron chi connectivity index (χ4n) is 4.81. The van der Waals surface area contributed by atoms with E-state index in [4.69, 9.17) is 4.99 Å². The first-order valence-electron chi connectivity index (χ1n) is 12.1. The van der Waals surface area contributed by atoms with Crippen LogP contribution in [0.15, 0.2) is 41.7 Å². The van der Waals surface area contributed by atoms with Crippen LogP contribution in [0.2, 0.25) is 0 Å². The number of aromatic nitrogens is 2. The second-order valence-electron chi connectivity index (χ2n) is 8.75. The molecule has 2 aliphatic heterocycles. The van der Waals surface area contributed by atoms with Gasteiger partial charge in [0, 0.05) is 69.7 Å². The Balaban J connectivity index is 1.38. The molecule has 0 bridgehead atoms. The second-order valence-corrected chi connectivity index (χ2v) is 8.75. The van der Waals surface area contributed by atoms with E-state index in [0.29, 0.717) is 18.2 Å². The van der Waals surface area contributed by atoms with Gasteiger partial charge >= 0.3 is 0 Å². The summed E-state index contributed by atoms with van der Waals surface area (Å²) < 4.78 is 2.20. The third-order valence-corrected chi connectivity index (χ3v) is 6.57. The SMILES string of the molecule is CCNC(=NCCCCn1ccnc1C)N1CC(CCN2CCCC2=O)c2ccccc21. The van der Waals surface area contributed by atoms with Crippen LogP contribution < -0.4 is 10.2 Å². The van der Waals surface area contributed by atoms with Gasteiger partial charge in [0.25, 0.3) is 0 Å². The maximum atomic E-state index is 12.0. The molecule has 1 N–H and O–H groups in total. The molecule has 0 spiro atoms. The summed E-state index contributed by atoms with van der Waals surface area (Å²) in [7, 11) is 0. The summed E-state index contributed by atoms with van der Waals surface area (Å²) in [5.74, 6) is 2.78. The highest BCUT2D eigenvalue weighted by Gasteiger charge is 2.32. The van der Waals surface area contributed by atoms with Crippen LogP contribution in [0.3, 0.4) is 0 Å². The number of nitrogens with one attached hydrogen (secondary N) is 1. The van der Waals surface area contributed by atoms with E-state index in [9.17, 15) is 4.79 Å². The van der Waals surface area contributed by atoms with Gasteiger partial charge in [-0.2, -0.15) is 0 Å². The van der Waals surface area contributed by atoms with Crippen molar-refractivity contribution in [3.05, 3.63) is 48.0 Å². The van der Waals surface area contributed by atoms with Gasteiger partial charge in [0.05, 0.1) is 0 Å². The van der Waals surface area contributed by atoms with Gasteiger partial charge < -0.3 is 19.7 Å². The zero-order valence-corrected chi connectivity index (χ0v) is 19.5.